The monoisotopic (exact) mass is 1090 g/mol. The number of carbonyl (C=O) groups excluding carboxylic acids is 3. The molecule has 0 amide bonds. The van der Waals surface area contributed by atoms with Crippen molar-refractivity contribution in [3.05, 3.63) is 122 Å². The van der Waals surface area contributed by atoms with Crippen LogP contribution in [0.1, 0.15) is 303 Å². The van der Waals surface area contributed by atoms with Crippen LogP contribution in [0.5, 0.6) is 0 Å². The summed E-state index contributed by atoms with van der Waals surface area (Å²) in [6.45, 7) is 6.49. The third-order valence-corrected chi connectivity index (χ3v) is 13.9. The molecular weight excluding hydrogens is 973 g/mol. The Hall–Kier alpha value is -4.19. The number of unbranched alkanes of at least 4 members (excludes halogenated alkanes) is 28. The molecule has 1 unspecified atom stereocenters. The van der Waals surface area contributed by atoms with Gasteiger partial charge in [0.1, 0.15) is 13.2 Å². The Morgan fingerprint density at radius 1 is 0.266 bits per heavy atom. The van der Waals surface area contributed by atoms with Crippen molar-refractivity contribution >= 4 is 17.9 Å². The van der Waals surface area contributed by atoms with E-state index in [9.17, 15) is 14.4 Å². The van der Waals surface area contributed by atoms with Crippen LogP contribution < -0.4 is 0 Å². The molecule has 0 aromatic carbocycles. The highest BCUT2D eigenvalue weighted by atomic mass is 16.6. The molecule has 6 nitrogen and oxygen atoms in total. The van der Waals surface area contributed by atoms with Crippen LogP contribution >= 0.6 is 0 Å². The summed E-state index contributed by atoms with van der Waals surface area (Å²) in [5, 5.41) is 0. The molecule has 0 fully saturated rings. The molecule has 6 heteroatoms. The molecule has 0 aliphatic heterocycles. The van der Waals surface area contributed by atoms with Gasteiger partial charge in [-0.3, -0.25) is 14.4 Å². The van der Waals surface area contributed by atoms with E-state index in [1.807, 2.05) is 0 Å². The van der Waals surface area contributed by atoms with Gasteiger partial charge >= 0.3 is 17.9 Å². The predicted octanol–water partition coefficient (Wildman–Crippen LogP) is 22.8. The number of hydrogen-bond acceptors (Lipinski definition) is 6. The highest BCUT2D eigenvalue weighted by Gasteiger charge is 2.19. The van der Waals surface area contributed by atoms with Gasteiger partial charge in [0.05, 0.1) is 0 Å². The molecule has 0 heterocycles. The van der Waals surface area contributed by atoms with Gasteiger partial charge in [0.2, 0.25) is 0 Å². The highest BCUT2D eigenvalue weighted by molar-refractivity contribution is 5.71. The standard InChI is InChI=1S/C73H122O6/c1-4-7-10-13-16-19-22-25-28-31-33-34-35-36-37-38-40-42-45-48-51-54-57-60-63-66-72(75)78-69-70(68-77-71(74)65-62-59-56-53-50-47-44-41-30-27-24-21-18-15-12-9-6-3)79-73(76)67-64-61-58-55-52-49-46-43-39-32-29-26-23-20-17-14-11-8-5-2/h7,10,16-17,19-20,25-30,33-34,36-37,39-40,42-43,70H,4-6,8-9,11-15,18,21-24,31-32,35,38,41,44-69H2,1-3H3/b10-7-,19-16-,20-17-,28-25-,29-26-,30-27-,34-33-,37-36-,42-40-,43-39-. The van der Waals surface area contributed by atoms with Gasteiger partial charge in [-0.15, -0.1) is 0 Å². The molecule has 1 atom stereocenters. The smallest absolute Gasteiger partial charge is 0.306 e. The second-order valence-electron chi connectivity index (χ2n) is 21.6. The van der Waals surface area contributed by atoms with E-state index in [0.29, 0.717) is 19.3 Å². The molecule has 450 valence electrons. The van der Waals surface area contributed by atoms with Crippen LogP contribution in [0.2, 0.25) is 0 Å². The molecule has 0 saturated heterocycles. The molecule has 0 bridgehead atoms. The average molecular weight is 1100 g/mol. The minimum atomic E-state index is -0.798. The molecule has 0 spiro atoms. The number of ether oxygens (including phenoxy) is 3. The van der Waals surface area contributed by atoms with Gasteiger partial charge in [0, 0.05) is 19.3 Å². The topological polar surface area (TPSA) is 78.9 Å². The molecule has 0 aliphatic rings. The van der Waals surface area contributed by atoms with Crippen molar-refractivity contribution in [1.29, 1.82) is 0 Å². The Labute approximate surface area is 488 Å². The predicted molar refractivity (Wildman–Crippen MR) is 343 cm³/mol. The first-order chi connectivity index (χ1) is 39.0. The summed E-state index contributed by atoms with van der Waals surface area (Å²) >= 11 is 0. The average Bonchev–Trinajstić information content (AvgIpc) is 3.45. The fraction of sp³-hybridized carbons (Fsp3) is 0.685. The fourth-order valence-electron chi connectivity index (χ4n) is 8.98. The Bertz CT molecular complexity index is 1640. The number of allylic oxidation sites excluding steroid dienone is 20. The lowest BCUT2D eigenvalue weighted by molar-refractivity contribution is -0.167. The van der Waals surface area contributed by atoms with Crippen LogP contribution in [0.4, 0.5) is 0 Å². The van der Waals surface area contributed by atoms with Gasteiger partial charge in [0.15, 0.2) is 6.10 Å². The van der Waals surface area contributed by atoms with Gasteiger partial charge in [-0.2, -0.15) is 0 Å². The van der Waals surface area contributed by atoms with Crippen LogP contribution in [0.3, 0.4) is 0 Å². The fourth-order valence-corrected chi connectivity index (χ4v) is 8.98. The van der Waals surface area contributed by atoms with Crippen molar-refractivity contribution in [1.82, 2.24) is 0 Å². The van der Waals surface area contributed by atoms with E-state index in [2.05, 4.69) is 142 Å². The number of rotatable bonds is 59. The van der Waals surface area contributed by atoms with Crippen LogP contribution in [0.15, 0.2) is 122 Å². The second-order valence-corrected chi connectivity index (χ2v) is 21.6. The third-order valence-electron chi connectivity index (χ3n) is 13.9. The molecule has 0 rings (SSSR count). The van der Waals surface area contributed by atoms with Gasteiger partial charge in [-0.05, 0) is 135 Å². The zero-order valence-electron chi connectivity index (χ0n) is 51.6. The molecule has 0 saturated carbocycles. The van der Waals surface area contributed by atoms with E-state index in [4.69, 9.17) is 14.2 Å². The number of carbonyl (C=O) groups is 3. The number of esters is 3. The Kier molecular flexibility index (Phi) is 62.8. The number of hydrogen-bond donors (Lipinski definition) is 0. The van der Waals surface area contributed by atoms with Crippen molar-refractivity contribution in [3.63, 3.8) is 0 Å². The molecule has 79 heavy (non-hydrogen) atoms. The van der Waals surface area contributed by atoms with Crippen LogP contribution in [0, 0.1) is 0 Å². The second kappa shape index (κ2) is 66.3. The van der Waals surface area contributed by atoms with E-state index < -0.39 is 6.10 Å². The third kappa shape index (κ3) is 64.5. The van der Waals surface area contributed by atoms with E-state index in [0.717, 1.165) is 135 Å². The minimum absolute atomic E-state index is 0.0922. The SMILES string of the molecule is CC/C=C\C/C=C\C/C=C\C/C=C\C/C=C\C/C=C\CCCCCCCCC(=O)OCC(COC(=O)CCCCCCCCC/C=C\CCCCCCCC)OC(=O)CCCCCCCC/C=C\C/C=C\C/C=C\CCCCC. The van der Waals surface area contributed by atoms with E-state index >= 15 is 0 Å². The van der Waals surface area contributed by atoms with Crippen molar-refractivity contribution in [2.45, 2.75) is 309 Å². The quantitative estimate of drug-likeness (QED) is 0.0261. The summed E-state index contributed by atoms with van der Waals surface area (Å²) in [6.07, 6.45) is 91.9. The molecular formula is C73H122O6. The summed E-state index contributed by atoms with van der Waals surface area (Å²) in [5.74, 6) is -0.917. The molecule has 0 radical (unpaired) electrons. The van der Waals surface area contributed by atoms with Crippen molar-refractivity contribution in [2.75, 3.05) is 13.2 Å². The molecule has 0 aromatic heterocycles. The maximum Gasteiger partial charge on any atom is 0.306 e. The van der Waals surface area contributed by atoms with Crippen LogP contribution in [-0.2, 0) is 28.6 Å². The minimum Gasteiger partial charge on any atom is -0.462 e. The van der Waals surface area contributed by atoms with E-state index in [-0.39, 0.29) is 31.1 Å². The highest BCUT2D eigenvalue weighted by Crippen LogP contribution is 2.15. The summed E-state index contributed by atoms with van der Waals surface area (Å²) in [7, 11) is 0. The van der Waals surface area contributed by atoms with E-state index in [1.54, 1.807) is 0 Å². The first-order valence-corrected chi connectivity index (χ1v) is 33.0. The summed E-state index contributed by atoms with van der Waals surface area (Å²) in [4.78, 5) is 38.4. The van der Waals surface area contributed by atoms with Gasteiger partial charge in [0.25, 0.3) is 0 Å². The maximum absolute atomic E-state index is 12.9. The Morgan fingerprint density at radius 3 is 0.810 bits per heavy atom. The van der Waals surface area contributed by atoms with Gasteiger partial charge in [-0.25, -0.2) is 0 Å². The van der Waals surface area contributed by atoms with Crippen molar-refractivity contribution < 1.29 is 28.6 Å². The van der Waals surface area contributed by atoms with Crippen LogP contribution in [-0.4, -0.2) is 37.2 Å². The van der Waals surface area contributed by atoms with Crippen molar-refractivity contribution in [3.8, 4) is 0 Å². The van der Waals surface area contributed by atoms with E-state index in [1.165, 1.54) is 128 Å². The molecule has 0 aliphatic carbocycles. The lowest BCUT2D eigenvalue weighted by Crippen LogP contribution is -2.30. The van der Waals surface area contributed by atoms with Gasteiger partial charge in [-0.1, -0.05) is 271 Å². The zero-order chi connectivity index (χ0) is 57.1. The molecule has 0 N–H and O–H groups in total. The summed E-state index contributed by atoms with van der Waals surface area (Å²) in [5.41, 5.74) is 0. The zero-order valence-corrected chi connectivity index (χ0v) is 51.6. The Balaban J connectivity index is 4.45. The lowest BCUT2D eigenvalue weighted by Gasteiger charge is -2.18. The summed E-state index contributed by atoms with van der Waals surface area (Å²) in [6, 6.07) is 0. The normalized spacial score (nSPS) is 12.9. The largest absolute Gasteiger partial charge is 0.462 e. The summed E-state index contributed by atoms with van der Waals surface area (Å²) < 4.78 is 16.9. The first kappa shape index (κ1) is 74.8. The van der Waals surface area contributed by atoms with Crippen molar-refractivity contribution in [2.24, 2.45) is 0 Å². The first-order valence-electron chi connectivity index (χ1n) is 33.0. The van der Waals surface area contributed by atoms with Crippen LogP contribution in [0.25, 0.3) is 0 Å². The lowest BCUT2D eigenvalue weighted by atomic mass is 10.1. The molecule has 0 aromatic rings. The Morgan fingerprint density at radius 2 is 0.494 bits per heavy atom. The maximum atomic E-state index is 12.9. The van der Waals surface area contributed by atoms with Gasteiger partial charge < -0.3 is 14.2 Å².